The molecule has 1 aromatic carbocycles. The summed E-state index contributed by atoms with van der Waals surface area (Å²) in [5.41, 5.74) is 0.735. The number of carbonyl (C=O) groups is 1. The third-order valence-electron chi connectivity index (χ3n) is 6.65. The van der Waals surface area contributed by atoms with Gasteiger partial charge in [-0.3, -0.25) is 4.79 Å². The summed E-state index contributed by atoms with van der Waals surface area (Å²) in [7, 11) is 1.56. The number of hydrogen-bond donors (Lipinski definition) is 0. The summed E-state index contributed by atoms with van der Waals surface area (Å²) in [4.78, 5) is 14.6. The quantitative estimate of drug-likeness (QED) is 0.615. The van der Waals surface area contributed by atoms with Gasteiger partial charge in [0.1, 0.15) is 22.9 Å². The molecule has 1 aromatic rings. The molecule has 168 valence electrons. The number of hydrogen-bond acceptors (Lipinski definition) is 6. The Labute approximate surface area is 182 Å². The van der Waals surface area contributed by atoms with Crippen LogP contribution in [0.1, 0.15) is 25.3 Å². The van der Waals surface area contributed by atoms with E-state index in [1.807, 2.05) is 13.0 Å². The van der Waals surface area contributed by atoms with Crippen molar-refractivity contribution in [2.24, 2.45) is 11.8 Å². The Morgan fingerprint density at radius 1 is 1.39 bits per heavy atom. The van der Waals surface area contributed by atoms with Gasteiger partial charge in [0.25, 0.3) is 0 Å². The molecule has 0 aromatic heterocycles. The Balaban J connectivity index is 1.63. The summed E-state index contributed by atoms with van der Waals surface area (Å²) in [5, 5.41) is 0. The molecule has 2 aliphatic heterocycles. The third kappa shape index (κ3) is 4.08. The number of halogens is 1. The molecule has 0 spiro atoms. The smallest absolute Gasteiger partial charge is 0.189 e. The van der Waals surface area contributed by atoms with Crippen LogP contribution >= 0.6 is 0 Å². The number of benzene rings is 1. The predicted octanol–water partition coefficient (Wildman–Crippen LogP) is 3.64. The molecule has 0 N–H and O–H groups in total. The largest absolute Gasteiger partial charge is 0.494 e. The number of anilines is 1. The van der Waals surface area contributed by atoms with Crippen molar-refractivity contribution < 1.29 is 28.1 Å². The Kier molecular flexibility index (Phi) is 6.34. The average Bonchev–Trinajstić information content (AvgIpc) is 3.19. The standard InChI is InChI=1S/C24H30FNO5/c1-4-5-17-14-24(23(13-21(17)27)30-15-31-24)16(2)10-18-11-20(22(28-3)12-19(18)25)26-6-8-29-9-7-26/h4,11-13,16-17H,1,5-10,14-15H2,2-3H3/t16?,17-,24+/m0/s1. The highest BCUT2D eigenvalue weighted by atomic mass is 19.1. The average molecular weight is 432 g/mol. The number of morpholine rings is 1. The predicted molar refractivity (Wildman–Crippen MR) is 115 cm³/mol. The van der Waals surface area contributed by atoms with Gasteiger partial charge in [0.15, 0.2) is 12.6 Å². The van der Waals surface area contributed by atoms with E-state index < -0.39 is 5.60 Å². The maximum atomic E-state index is 15.0. The molecule has 3 atom stereocenters. The molecule has 4 rings (SSSR count). The minimum atomic E-state index is -0.729. The molecule has 2 saturated heterocycles. The van der Waals surface area contributed by atoms with Crippen molar-refractivity contribution in [2.45, 2.75) is 31.8 Å². The van der Waals surface area contributed by atoms with Gasteiger partial charge in [0.2, 0.25) is 0 Å². The molecule has 6 nitrogen and oxygen atoms in total. The van der Waals surface area contributed by atoms with Gasteiger partial charge in [-0.2, -0.15) is 0 Å². The monoisotopic (exact) mass is 431 g/mol. The van der Waals surface area contributed by atoms with Gasteiger partial charge in [-0.1, -0.05) is 13.0 Å². The Hall–Kier alpha value is -2.38. The molecular formula is C24H30FNO5. The number of allylic oxidation sites excluding steroid dienone is 2. The van der Waals surface area contributed by atoms with E-state index in [1.165, 1.54) is 6.07 Å². The van der Waals surface area contributed by atoms with E-state index in [-0.39, 0.29) is 30.2 Å². The number of methoxy groups -OCH3 is 1. The molecule has 0 saturated carbocycles. The summed E-state index contributed by atoms with van der Waals surface area (Å²) in [5.74, 6) is 0.513. The first-order valence-electron chi connectivity index (χ1n) is 10.8. The molecule has 31 heavy (non-hydrogen) atoms. The van der Waals surface area contributed by atoms with E-state index in [4.69, 9.17) is 18.9 Å². The number of nitrogens with zero attached hydrogens (tertiary/aromatic N) is 1. The fraction of sp³-hybridized carbons (Fsp3) is 0.542. The first-order chi connectivity index (χ1) is 15.0. The van der Waals surface area contributed by atoms with Crippen LogP contribution < -0.4 is 9.64 Å². The fourth-order valence-corrected chi connectivity index (χ4v) is 4.87. The number of ether oxygens (including phenoxy) is 4. The van der Waals surface area contributed by atoms with Crippen molar-refractivity contribution in [1.29, 1.82) is 0 Å². The molecule has 2 fully saturated rings. The third-order valence-corrected chi connectivity index (χ3v) is 6.65. The highest BCUT2D eigenvalue weighted by molar-refractivity contribution is 5.93. The van der Waals surface area contributed by atoms with Crippen molar-refractivity contribution in [3.8, 4) is 5.75 Å². The van der Waals surface area contributed by atoms with Crippen molar-refractivity contribution in [1.82, 2.24) is 0 Å². The van der Waals surface area contributed by atoms with Crippen molar-refractivity contribution in [2.75, 3.05) is 45.1 Å². The Morgan fingerprint density at radius 3 is 2.87 bits per heavy atom. The highest BCUT2D eigenvalue weighted by Gasteiger charge is 2.51. The van der Waals surface area contributed by atoms with Crippen LogP contribution in [0.15, 0.2) is 36.6 Å². The maximum absolute atomic E-state index is 15.0. The SMILES string of the molecule is C=CC[C@H]1C[C@]2(C(C)Cc3cc(N4CCOCC4)c(OC)cc3F)OCOC2=CC1=O. The number of carbonyl (C=O) groups excluding carboxylic acids is 1. The lowest BCUT2D eigenvalue weighted by Crippen LogP contribution is -2.45. The molecule has 1 aliphatic carbocycles. The van der Waals surface area contributed by atoms with Gasteiger partial charge in [0, 0.05) is 31.1 Å². The zero-order valence-electron chi connectivity index (χ0n) is 18.2. The highest BCUT2D eigenvalue weighted by Crippen LogP contribution is 2.47. The first-order valence-corrected chi connectivity index (χ1v) is 10.8. The summed E-state index contributed by atoms with van der Waals surface area (Å²) >= 11 is 0. The summed E-state index contributed by atoms with van der Waals surface area (Å²) in [6, 6.07) is 3.33. The Bertz CT molecular complexity index is 879. The molecule has 2 heterocycles. The normalized spacial score (nSPS) is 26.7. The van der Waals surface area contributed by atoms with E-state index in [2.05, 4.69) is 11.5 Å². The van der Waals surface area contributed by atoms with E-state index in [0.717, 1.165) is 18.8 Å². The minimum absolute atomic E-state index is 0.0356. The van der Waals surface area contributed by atoms with Gasteiger partial charge in [-0.05, 0) is 36.8 Å². The number of fused-ring (bicyclic) bond motifs is 1. The second-order valence-electron chi connectivity index (χ2n) is 8.45. The Morgan fingerprint density at radius 2 is 2.16 bits per heavy atom. The topological polar surface area (TPSA) is 57.2 Å². The second kappa shape index (κ2) is 9.01. The van der Waals surface area contributed by atoms with E-state index in [0.29, 0.717) is 49.5 Å². The first kappa shape index (κ1) is 21.8. The van der Waals surface area contributed by atoms with Crippen molar-refractivity contribution >= 4 is 11.5 Å². The molecule has 7 heteroatoms. The number of ketones is 1. The maximum Gasteiger partial charge on any atom is 0.189 e. The molecule has 0 radical (unpaired) electrons. The fourth-order valence-electron chi connectivity index (χ4n) is 4.87. The van der Waals surface area contributed by atoms with Gasteiger partial charge in [-0.25, -0.2) is 4.39 Å². The lowest BCUT2D eigenvalue weighted by molar-refractivity contribution is -0.123. The second-order valence-corrected chi connectivity index (χ2v) is 8.45. The molecule has 1 unspecified atom stereocenters. The summed E-state index contributed by atoms with van der Waals surface area (Å²) < 4.78 is 37.7. The van der Waals surface area contributed by atoms with Crippen LogP contribution in [0.2, 0.25) is 0 Å². The van der Waals surface area contributed by atoms with E-state index >= 15 is 4.39 Å². The van der Waals surface area contributed by atoms with Crippen molar-refractivity contribution in [3.05, 3.63) is 48.0 Å². The van der Waals surface area contributed by atoms with Crippen LogP contribution in [-0.2, 0) is 25.4 Å². The van der Waals surface area contributed by atoms with E-state index in [1.54, 1.807) is 19.3 Å². The van der Waals surface area contributed by atoms with Gasteiger partial charge < -0.3 is 23.8 Å². The lowest BCUT2D eigenvalue weighted by atomic mass is 9.71. The molecular weight excluding hydrogens is 401 g/mol. The summed E-state index contributed by atoms with van der Waals surface area (Å²) in [6.45, 7) is 8.64. The zero-order chi connectivity index (χ0) is 22.0. The van der Waals surface area contributed by atoms with Crippen LogP contribution in [0.3, 0.4) is 0 Å². The minimum Gasteiger partial charge on any atom is -0.494 e. The van der Waals surface area contributed by atoms with Gasteiger partial charge in [-0.15, -0.1) is 6.58 Å². The van der Waals surface area contributed by atoms with Crippen LogP contribution in [0, 0.1) is 17.7 Å². The zero-order valence-corrected chi connectivity index (χ0v) is 18.2. The lowest BCUT2D eigenvalue weighted by Gasteiger charge is -2.38. The van der Waals surface area contributed by atoms with Crippen LogP contribution in [0.4, 0.5) is 10.1 Å². The van der Waals surface area contributed by atoms with Crippen molar-refractivity contribution in [3.63, 3.8) is 0 Å². The van der Waals surface area contributed by atoms with Gasteiger partial charge >= 0.3 is 0 Å². The molecule has 3 aliphatic rings. The van der Waals surface area contributed by atoms with Crippen LogP contribution in [-0.4, -0.2) is 51.6 Å². The van der Waals surface area contributed by atoms with Gasteiger partial charge in [0.05, 0.1) is 26.0 Å². The molecule has 0 bridgehead atoms. The van der Waals surface area contributed by atoms with Crippen LogP contribution in [0.25, 0.3) is 0 Å². The number of rotatable bonds is 7. The molecule has 0 amide bonds. The summed E-state index contributed by atoms with van der Waals surface area (Å²) in [6.07, 6.45) is 4.86. The van der Waals surface area contributed by atoms with Crippen LogP contribution in [0.5, 0.6) is 5.75 Å². The van der Waals surface area contributed by atoms with E-state index in [9.17, 15) is 4.79 Å².